The highest BCUT2D eigenvalue weighted by Crippen LogP contribution is 2.38. The van der Waals surface area contributed by atoms with Crippen LogP contribution in [0.25, 0.3) is 0 Å². The van der Waals surface area contributed by atoms with Gasteiger partial charge in [-0.15, -0.1) is 0 Å². The summed E-state index contributed by atoms with van der Waals surface area (Å²) in [4.78, 5) is 0. The zero-order valence-electron chi connectivity index (χ0n) is 12.5. The van der Waals surface area contributed by atoms with Crippen LogP contribution in [-0.4, -0.2) is 20.0 Å². The SMILES string of the molecule is CCC(N)C1(Cc2ccccc2)CCC[Si](C)(C)O1. The molecule has 0 aliphatic carbocycles. The van der Waals surface area contributed by atoms with Crippen molar-refractivity contribution in [3.63, 3.8) is 0 Å². The summed E-state index contributed by atoms with van der Waals surface area (Å²) in [6.45, 7) is 6.83. The van der Waals surface area contributed by atoms with Crippen LogP contribution in [0.3, 0.4) is 0 Å². The molecule has 2 nitrogen and oxygen atoms in total. The Morgan fingerprint density at radius 3 is 2.58 bits per heavy atom. The normalized spacial score (nSPS) is 28.0. The summed E-state index contributed by atoms with van der Waals surface area (Å²) < 4.78 is 6.63. The summed E-state index contributed by atoms with van der Waals surface area (Å²) in [5.41, 5.74) is 7.66. The Balaban J connectivity index is 2.25. The summed E-state index contributed by atoms with van der Waals surface area (Å²) in [5, 5.41) is 0. The average Bonchev–Trinajstić information content (AvgIpc) is 2.37. The quantitative estimate of drug-likeness (QED) is 0.851. The molecule has 1 aromatic rings. The molecule has 1 aliphatic heterocycles. The van der Waals surface area contributed by atoms with Crippen molar-refractivity contribution in [2.24, 2.45) is 5.73 Å². The average molecular weight is 277 g/mol. The number of nitrogens with two attached hydrogens (primary N) is 1. The first-order chi connectivity index (χ1) is 8.97. The highest BCUT2D eigenvalue weighted by Gasteiger charge is 2.45. The van der Waals surface area contributed by atoms with Gasteiger partial charge in [0.25, 0.3) is 0 Å². The predicted molar refractivity (Wildman–Crippen MR) is 83.8 cm³/mol. The summed E-state index contributed by atoms with van der Waals surface area (Å²) in [5.74, 6) is 0. The van der Waals surface area contributed by atoms with Crippen LogP contribution in [0.4, 0.5) is 0 Å². The first-order valence-electron chi connectivity index (χ1n) is 7.47. The summed E-state index contributed by atoms with van der Waals surface area (Å²) >= 11 is 0. The maximum atomic E-state index is 6.63. The maximum absolute atomic E-state index is 6.63. The van der Waals surface area contributed by atoms with Crippen molar-refractivity contribution in [3.8, 4) is 0 Å². The van der Waals surface area contributed by atoms with Gasteiger partial charge >= 0.3 is 0 Å². The third kappa shape index (κ3) is 3.47. The highest BCUT2D eigenvalue weighted by atomic mass is 28.4. The minimum Gasteiger partial charge on any atom is -0.410 e. The Bertz CT molecular complexity index is 406. The molecular weight excluding hydrogens is 250 g/mol. The number of rotatable bonds is 4. The molecule has 2 atom stereocenters. The van der Waals surface area contributed by atoms with Crippen molar-refractivity contribution in [2.75, 3.05) is 0 Å². The van der Waals surface area contributed by atoms with Crippen molar-refractivity contribution in [1.82, 2.24) is 0 Å². The van der Waals surface area contributed by atoms with Crippen LogP contribution in [0.5, 0.6) is 0 Å². The molecule has 1 saturated heterocycles. The molecule has 0 radical (unpaired) electrons. The van der Waals surface area contributed by atoms with Crippen LogP contribution in [0.1, 0.15) is 31.7 Å². The second-order valence-electron chi connectivity index (χ2n) is 6.46. The summed E-state index contributed by atoms with van der Waals surface area (Å²) in [7, 11) is -1.54. The zero-order chi connectivity index (χ0) is 13.9. The molecule has 0 amide bonds. The lowest BCUT2D eigenvalue weighted by atomic mass is 9.82. The summed E-state index contributed by atoms with van der Waals surface area (Å²) in [6.07, 6.45) is 4.31. The van der Waals surface area contributed by atoms with Crippen molar-refractivity contribution in [2.45, 2.75) is 63.4 Å². The molecule has 1 heterocycles. The Morgan fingerprint density at radius 2 is 2.00 bits per heavy atom. The van der Waals surface area contributed by atoms with Gasteiger partial charge < -0.3 is 10.2 Å². The largest absolute Gasteiger partial charge is 0.410 e. The van der Waals surface area contributed by atoms with Gasteiger partial charge in [-0.05, 0) is 37.5 Å². The smallest absolute Gasteiger partial charge is 0.187 e. The van der Waals surface area contributed by atoms with E-state index < -0.39 is 8.32 Å². The number of hydrogen-bond donors (Lipinski definition) is 1. The first kappa shape index (κ1) is 14.8. The molecule has 2 rings (SSSR count). The van der Waals surface area contributed by atoms with Gasteiger partial charge in [-0.2, -0.15) is 0 Å². The van der Waals surface area contributed by atoms with Gasteiger partial charge in [0.15, 0.2) is 8.32 Å². The van der Waals surface area contributed by atoms with Crippen molar-refractivity contribution >= 4 is 8.32 Å². The van der Waals surface area contributed by atoms with E-state index >= 15 is 0 Å². The van der Waals surface area contributed by atoms with Crippen LogP contribution in [0.15, 0.2) is 30.3 Å². The summed E-state index contributed by atoms with van der Waals surface area (Å²) in [6, 6.07) is 12.1. The molecule has 1 aromatic carbocycles. The third-order valence-electron chi connectivity index (χ3n) is 4.32. The first-order valence-corrected chi connectivity index (χ1v) is 10.6. The lowest BCUT2D eigenvalue weighted by Gasteiger charge is -2.48. The van der Waals surface area contributed by atoms with Crippen LogP contribution in [0.2, 0.25) is 19.1 Å². The van der Waals surface area contributed by atoms with Gasteiger partial charge in [-0.1, -0.05) is 43.7 Å². The van der Waals surface area contributed by atoms with E-state index in [0.29, 0.717) is 0 Å². The van der Waals surface area contributed by atoms with Gasteiger partial charge in [0.1, 0.15) is 0 Å². The second kappa shape index (κ2) is 5.78. The Hall–Kier alpha value is -0.643. The lowest BCUT2D eigenvalue weighted by molar-refractivity contribution is 0.00846. The van der Waals surface area contributed by atoms with E-state index in [2.05, 4.69) is 50.3 Å². The monoisotopic (exact) mass is 277 g/mol. The Labute approximate surface area is 118 Å². The number of hydrogen-bond acceptors (Lipinski definition) is 2. The molecule has 0 spiro atoms. The van der Waals surface area contributed by atoms with E-state index in [0.717, 1.165) is 19.3 Å². The van der Waals surface area contributed by atoms with E-state index in [1.165, 1.54) is 18.0 Å². The highest BCUT2D eigenvalue weighted by molar-refractivity contribution is 6.71. The molecule has 0 aromatic heterocycles. The van der Waals surface area contributed by atoms with Crippen LogP contribution < -0.4 is 5.73 Å². The fraction of sp³-hybridized carbons (Fsp3) is 0.625. The molecule has 0 bridgehead atoms. The standard InChI is InChI=1S/C16H27NOSi/c1-4-15(17)16(11-8-12-19(2,3)18-16)13-14-9-6-5-7-10-14/h5-7,9-10,15H,4,8,11-13,17H2,1-3H3. The van der Waals surface area contributed by atoms with Crippen molar-refractivity contribution < 1.29 is 4.43 Å². The Kier molecular flexibility index (Phi) is 4.49. The van der Waals surface area contributed by atoms with Crippen LogP contribution in [0, 0.1) is 0 Å². The minimum absolute atomic E-state index is 0.135. The molecule has 1 aliphatic rings. The molecule has 2 unspecified atom stereocenters. The molecule has 0 saturated carbocycles. The lowest BCUT2D eigenvalue weighted by Crippen LogP contribution is -2.59. The molecule has 3 heteroatoms. The topological polar surface area (TPSA) is 35.2 Å². The molecule has 1 fully saturated rings. The van der Waals surface area contributed by atoms with E-state index in [1.54, 1.807) is 0 Å². The van der Waals surface area contributed by atoms with E-state index in [9.17, 15) is 0 Å². The van der Waals surface area contributed by atoms with Gasteiger partial charge in [0.05, 0.1) is 5.60 Å². The van der Waals surface area contributed by atoms with Crippen molar-refractivity contribution in [1.29, 1.82) is 0 Å². The predicted octanol–water partition coefficient (Wildman–Crippen LogP) is 3.72. The van der Waals surface area contributed by atoms with Crippen LogP contribution >= 0.6 is 0 Å². The van der Waals surface area contributed by atoms with E-state index in [-0.39, 0.29) is 11.6 Å². The Morgan fingerprint density at radius 1 is 1.32 bits per heavy atom. The van der Waals surface area contributed by atoms with Gasteiger partial charge in [0.2, 0.25) is 0 Å². The van der Waals surface area contributed by atoms with Gasteiger partial charge in [-0.3, -0.25) is 0 Å². The third-order valence-corrected chi connectivity index (χ3v) is 6.84. The fourth-order valence-electron chi connectivity index (χ4n) is 3.30. The van der Waals surface area contributed by atoms with Crippen LogP contribution in [-0.2, 0) is 10.8 Å². The second-order valence-corrected chi connectivity index (χ2v) is 10.7. The number of benzene rings is 1. The fourth-order valence-corrected chi connectivity index (χ4v) is 5.85. The van der Waals surface area contributed by atoms with Crippen molar-refractivity contribution in [3.05, 3.63) is 35.9 Å². The molecule has 19 heavy (non-hydrogen) atoms. The minimum atomic E-state index is -1.54. The maximum Gasteiger partial charge on any atom is 0.187 e. The van der Waals surface area contributed by atoms with E-state index in [1.807, 2.05) is 0 Å². The zero-order valence-corrected chi connectivity index (χ0v) is 13.5. The van der Waals surface area contributed by atoms with Gasteiger partial charge in [0, 0.05) is 12.5 Å². The molecular formula is C16H27NOSi. The van der Waals surface area contributed by atoms with E-state index in [4.69, 9.17) is 10.2 Å². The van der Waals surface area contributed by atoms with Gasteiger partial charge in [-0.25, -0.2) is 0 Å². The molecule has 106 valence electrons. The molecule has 2 N–H and O–H groups in total.